The van der Waals surface area contributed by atoms with Crippen molar-refractivity contribution < 1.29 is 18.9 Å². The Labute approximate surface area is 106 Å². The second kappa shape index (κ2) is 5.54. The van der Waals surface area contributed by atoms with Crippen molar-refractivity contribution >= 4 is 29.0 Å². The third-order valence-electron chi connectivity index (χ3n) is 1.97. The van der Waals surface area contributed by atoms with Crippen LogP contribution in [0.5, 0.6) is 0 Å². The van der Waals surface area contributed by atoms with Gasteiger partial charge in [-0.05, 0) is 6.92 Å². The molecule has 0 fully saturated rings. The second-order valence-electron chi connectivity index (χ2n) is 3.43. The standard InChI is InChI=1S/C10H8ClFN2O4/c1-5(15)4-13-10(16)7-2-6(14(17)18)3-8(12)9(7)11/h2-3H,4H2,1H3,(H,13,16). The number of nitro benzene ring substituents is 1. The summed E-state index contributed by atoms with van der Waals surface area (Å²) < 4.78 is 13.3. The number of Topliss-reactive ketones (excluding diaryl/α,β-unsaturated/α-hetero) is 1. The smallest absolute Gasteiger partial charge is 0.273 e. The molecule has 0 radical (unpaired) electrons. The maximum Gasteiger partial charge on any atom is 0.273 e. The molecule has 0 aromatic heterocycles. The zero-order valence-electron chi connectivity index (χ0n) is 9.20. The number of amides is 1. The molecule has 0 saturated heterocycles. The van der Waals surface area contributed by atoms with Crippen LogP contribution in [-0.4, -0.2) is 23.2 Å². The fraction of sp³-hybridized carbons (Fsp3) is 0.200. The molecule has 0 spiro atoms. The number of rotatable bonds is 4. The van der Waals surface area contributed by atoms with E-state index in [0.717, 1.165) is 6.07 Å². The first-order valence-corrected chi connectivity index (χ1v) is 5.11. The van der Waals surface area contributed by atoms with Gasteiger partial charge in [-0.2, -0.15) is 0 Å². The van der Waals surface area contributed by atoms with Gasteiger partial charge in [0.05, 0.1) is 28.1 Å². The Bertz CT molecular complexity index is 533. The Kier molecular flexibility index (Phi) is 4.33. The highest BCUT2D eigenvalue weighted by Gasteiger charge is 2.20. The maximum absolute atomic E-state index is 13.3. The molecule has 0 aliphatic carbocycles. The molecule has 96 valence electrons. The molecule has 1 aromatic carbocycles. The molecular formula is C10H8ClFN2O4. The molecule has 0 aliphatic heterocycles. The zero-order valence-corrected chi connectivity index (χ0v) is 9.95. The van der Waals surface area contributed by atoms with Crippen LogP contribution in [-0.2, 0) is 4.79 Å². The molecule has 0 bridgehead atoms. The van der Waals surface area contributed by atoms with Gasteiger partial charge in [0.2, 0.25) is 0 Å². The SMILES string of the molecule is CC(=O)CNC(=O)c1cc([N+](=O)[O-])cc(F)c1Cl. The number of non-ortho nitro benzene ring substituents is 1. The Morgan fingerprint density at radius 2 is 2.11 bits per heavy atom. The highest BCUT2D eigenvalue weighted by Crippen LogP contribution is 2.25. The summed E-state index contributed by atoms with van der Waals surface area (Å²) >= 11 is 5.54. The largest absolute Gasteiger partial charge is 0.345 e. The van der Waals surface area contributed by atoms with Crippen molar-refractivity contribution in [3.05, 3.63) is 38.7 Å². The third-order valence-corrected chi connectivity index (χ3v) is 2.35. The van der Waals surface area contributed by atoms with Crippen LogP contribution in [0.15, 0.2) is 12.1 Å². The summed E-state index contributed by atoms with van der Waals surface area (Å²) in [6.45, 7) is 0.982. The molecule has 0 saturated carbocycles. The lowest BCUT2D eigenvalue weighted by molar-refractivity contribution is -0.385. The molecule has 0 aliphatic rings. The van der Waals surface area contributed by atoms with Crippen LogP contribution in [0.4, 0.5) is 10.1 Å². The molecule has 6 nitrogen and oxygen atoms in total. The number of halogens is 2. The van der Waals surface area contributed by atoms with E-state index in [9.17, 15) is 24.1 Å². The van der Waals surface area contributed by atoms with Crippen molar-refractivity contribution in [3.63, 3.8) is 0 Å². The molecule has 8 heteroatoms. The fourth-order valence-electron chi connectivity index (χ4n) is 1.15. The van der Waals surface area contributed by atoms with Gasteiger partial charge < -0.3 is 5.32 Å². The molecule has 1 N–H and O–H groups in total. The average molecular weight is 275 g/mol. The van der Waals surface area contributed by atoms with Gasteiger partial charge in [0, 0.05) is 6.07 Å². The van der Waals surface area contributed by atoms with E-state index < -0.39 is 27.4 Å². The minimum atomic E-state index is -1.07. The van der Waals surface area contributed by atoms with E-state index in [4.69, 9.17) is 11.6 Å². The van der Waals surface area contributed by atoms with E-state index in [2.05, 4.69) is 5.32 Å². The van der Waals surface area contributed by atoms with Gasteiger partial charge in [-0.25, -0.2) is 4.39 Å². The second-order valence-corrected chi connectivity index (χ2v) is 3.81. The number of hydrogen-bond donors (Lipinski definition) is 1. The molecule has 1 rings (SSSR count). The first kappa shape index (κ1) is 14.0. The molecule has 0 atom stereocenters. The van der Waals surface area contributed by atoms with E-state index >= 15 is 0 Å². The van der Waals surface area contributed by atoms with Crippen molar-refractivity contribution in [2.45, 2.75) is 6.92 Å². The van der Waals surface area contributed by atoms with Crippen LogP contribution < -0.4 is 5.32 Å². The van der Waals surface area contributed by atoms with Crippen LogP contribution in [0.1, 0.15) is 17.3 Å². The number of nitro groups is 1. The predicted molar refractivity (Wildman–Crippen MR) is 61.1 cm³/mol. The van der Waals surface area contributed by atoms with Crippen LogP contribution in [0.3, 0.4) is 0 Å². The zero-order chi connectivity index (χ0) is 13.9. The maximum atomic E-state index is 13.3. The van der Waals surface area contributed by atoms with Crippen molar-refractivity contribution in [1.82, 2.24) is 5.32 Å². The first-order valence-electron chi connectivity index (χ1n) is 4.74. The lowest BCUT2D eigenvalue weighted by Gasteiger charge is -2.05. The van der Waals surface area contributed by atoms with Crippen molar-refractivity contribution in [3.8, 4) is 0 Å². The van der Waals surface area contributed by atoms with E-state index in [1.54, 1.807) is 0 Å². The van der Waals surface area contributed by atoms with Gasteiger partial charge >= 0.3 is 0 Å². The lowest BCUT2D eigenvalue weighted by atomic mass is 10.1. The summed E-state index contributed by atoms with van der Waals surface area (Å²) in [5, 5.41) is 12.2. The quantitative estimate of drug-likeness (QED) is 0.668. The topological polar surface area (TPSA) is 89.3 Å². The Morgan fingerprint density at radius 1 is 1.50 bits per heavy atom. The number of nitrogens with one attached hydrogen (secondary N) is 1. The molecule has 1 amide bonds. The number of carbonyl (C=O) groups is 2. The van der Waals surface area contributed by atoms with Gasteiger partial charge in [0.15, 0.2) is 0 Å². The van der Waals surface area contributed by atoms with E-state index in [0.29, 0.717) is 6.07 Å². The highest BCUT2D eigenvalue weighted by atomic mass is 35.5. The van der Waals surface area contributed by atoms with E-state index in [1.165, 1.54) is 6.92 Å². The molecular weight excluding hydrogens is 267 g/mol. The monoisotopic (exact) mass is 274 g/mol. The summed E-state index contributed by atoms with van der Waals surface area (Å²) in [6, 6.07) is 1.46. The number of benzene rings is 1. The minimum absolute atomic E-state index is 0.264. The van der Waals surface area contributed by atoms with Gasteiger partial charge in [0.25, 0.3) is 11.6 Å². The summed E-state index contributed by atoms with van der Waals surface area (Å²) in [5.74, 6) is -2.23. The summed E-state index contributed by atoms with van der Waals surface area (Å²) in [5.41, 5.74) is -0.977. The summed E-state index contributed by atoms with van der Waals surface area (Å²) in [4.78, 5) is 31.9. The van der Waals surface area contributed by atoms with Gasteiger partial charge in [-0.1, -0.05) is 11.6 Å². The van der Waals surface area contributed by atoms with Crippen LogP contribution in [0.25, 0.3) is 0 Å². The minimum Gasteiger partial charge on any atom is -0.345 e. The normalized spacial score (nSPS) is 9.94. The number of ketones is 1. The van der Waals surface area contributed by atoms with Crippen molar-refractivity contribution in [2.24, 2.45) is 0 Å². The highest BCUT2D eigenvalue weighted by molar-refractivity contribution is 6.34. The number of nitrogens with zero attached hydrogens (tertiary/aromatic N) is 1. The lowest BCUT2D eigenvalue weighted by Crippen LogP contribution is -2.28. The van der Waals surface area contributed by atoms with Crippen molar-refractivity contribution in [2.75, 3.05) is 6.54 Å². The van der Waals surface area contributed by atoms with Gasteiger partial charge in [-0.3, -0.25) is 19.7 Å². The Hall–Kier alpha value is -2.02. The molecule has 0 unspecified atom stereocenters. The summed E-state index contributed by atoms with van der Waals surface area (Å²) in [6.07, 6.45) is 0. The number of hydrogen-bond acceptors (Lipinski definition) is 4. The van der Waals surface area contributed by atoms with Gasteiger partial charge in [-0.15, -0.1) is 0 Å². The van der Waals surface area contributed by atoms with Crippen LogP contribution in [0, 0.1) is 15.9 Å². The van der Waals surface area contributed by atoms with E-state index in [1.807, 2.05) is 0 Å². The fourth-order valence-corrected chi connectivity index (χ4v) is 1.34. The van der Waals surface area contributed by atoms with Crippen LogP contribution in [0.2, 0.25) is 5.02 Å². The molecule has 0 heterocycles. The Morgan fingerprint density at radius 3 is 2.61 bits per heavy atom. The van der Waals surface area contributed by atoms with Crippen LogP contribution >= 0.6 is 11.6 Å². The van der Waals surface area contributed by atoms with Gasteiger partial charge in [0.1, 0.15) is 11.6 Å². The van der Waals surface area contributed by atoms with E-state index in [-0.39, 0.29) is 17.9 Å². The Balaban J connectivity index is 3.10. The number of carbonyl (C=O) groups excluding carboxylic acids is 2. The summed E-state index contributed by atoms with van der Waals surface area (Å²) in [7, 11) is 0. The van der Waals surface area contributed by atoms with Crippen molar-refractivity contribution in [1.29, 1.82) is 0 Å². The third kappa shape index (κ3) is 3.24. The molecule has 18 heavy (non-hydrogen) atoms. The predicted octanol–water partition coefficient (Wildman–Crippen LogP) is 1.71. The molecule has 1 aromatic rings. The average Bonchev–Trinajstić information content (AvgIpc) is 2.29. The first-order chi connectivity index (χ1) is 8.32.